The Bertz CT molecular complexity index is 695. The average molecular weight is 329 g/mol. The zero-order chi connectivity index (χ0) is 16.3. The van der Waals surface area contributed by atoms with Gasteiger partial charge in [-0.1, -0.05) is 42.5 Å². The first-order chi connectivity index (χ1) is 11.1. The van der Waals surface area contributed by atoms with Crippen molar-refractivity contribution in [2.75, 3.05) is 18.1 Å². The highest BCUT2D eigenvalue weighted by molar-refractivity contribution is 7.99. The lowest BCUT2D eigenvalue weighted by Crippen LogP contribution is -2.46. The van der Waals surface area contributed by atoms with E-state index in [1.807, 2.05) is 36.9 Å². The van der Waals surface area contributed by atoms with Gasteiger partial charge in [0.15, 0.2) is 0 Å². The summed E-state index contributed by atoms with van der Waals surface area (Å²) in [5.74, 6) is 1.69. The monoisotopic (exact) mass is 329 g/mol. The van der Waals surface area contributed by atoms with E-state index in [0.717, 1.165) is 35.3 Å². The maximum Gasteiger partial charge on any atom is 0.227 e. The quantitative estimate of drug-likeness (QED) is 0.905. The van der Waals surface area contributed by atoms with E-state index in [1.54, 1.807) is 0 Å². The molecule has 1 saturated heterocycles. The fourth-order valence-corrected chi connectivity index (χ4v) is 4.21. The van der Waals surface area contributed by atoms with E-state index in [2.05, 4.69) is 29.6 Å². The number of benzene rings is 2. The second kappa shape index (κ2) is 6.93. The van der Waals surface area contributed by atoms with Gasteiger partial charge in [0.25, 0.3) is 0 Å². The van der Waals surface area contributed by atoms with Crippen molar-refractivity contribution in [3.05, 3.63) is 48.0 Å². The third kappa shape index (κ3) is 3.88. The van der Waals surface area contributed by atoms with E-state index in [4.69, 9.17) is 0 Å². The average Bonchev–Trinajstić information content (AvgIpc) is 2.59. The first-order valence-corrected chi connectivity index (χ1v) is 9.29. The molecule has 122 valence electrons. The molecule has 2 aromatic carbocycles. The predicted molar refractivity (Wildman–Crippen MR) is 96.9 cm³/mol. The molecule has 1 aliphatic rings. The van der Waals surface area contributed by atoms with Crippen LogP contribution in [0.15, 0.2) is 42.5 Å². The van der Waals surface area contributed by atoms with Gasteiger partial charge in [0.05, 0.1) is 11.5 Å². The van der Waals surface area contributed by atoms with Crippen LogP contribution in [0.1, 0.15) is 31.2 Å². The van der Waals surface area contributed by atoms with Gasteiger partial charge in [-0.3, -0.25) is 4.79 Å². The van der Waals surface area contributed by atoms with Crippen LogP contribution in [0.2, 0.25) is 0 Å². The Morgan fingerprint density at radius 2 is 1.91 bits per heavy atom. The Morgan fingerprint density at radius 1 is 1.22 bits per heavy atom. The van der Waals surface area contributed by atoms with Gasteiger partial charge in [0, 0.05) is 6.54 Å². The van der Waals surface area contributed by atoms with E-state index >= 15 is 0 Å². The lowest BCUT2D eigenvalue weighted by molar-refractivity contribution is -0.123. The molecule has 0 aromatic heterocycles. The number of hydrogen-bond acceptors (Lipinski definition) is 3. The Hall–Kier alpha value is -1.52. The van der Waals surface area contributed by atoms with Crippen LogP contribution in [0.25, 0.3) is 10.8 Å². The van der Waals surface area contributed by atoms with Crippen molar-refractivity contribution in [1.82, 2.24) is 5.32 Å². The molecule has 0 saturated carbocycles. The van der Waals surface area contributed by atoms with Gasteiger partial charge in [0.2, 0.25) is 5.91 Å². The summed E-state index contributed by atoms with van der Waals surface area (Å²) in [5, 5.41) is 15.8. The summed E-state index contributed by atoms with van der Waals surface area (Å²) in [5.41, 5.74) is 0.275. The zero-order valence-electron chi connectivity index (χ0n) is 13.4. The molecule has 0 unspecified atom stereocenters. The molecular formula is C19H23NO2S. The minimum absolute atomic E-state index is 0.0214. The van der Waals surface area contributed by atoms with Crippen LogP contribution in [0, 0.1) is 0 Å². The number of aliphatic hydroxyl groups is 1. The van der Waals surface area contributed by atoms with Crippen LogP contribution in [0.4, 0.5) is 0 Å². The molecule has 1 aliphatic heterocycles. The number of carbonyl (C=O) groups excluding carboxylic acids is 1. The number of hydrogen-bond donors (Lipinski definition) is 2. The van der Waals surface area contributed by atoms with Gasteiger partial charge >= 0.3 is 0 Å². The molecule has 1 amide bonds. The molecular weight excluding hydrogens is 306 g/mol. The smallest absolute Gasteiger partial charge is 0.227 e. The summed E-state index contributed by atoms with van der Waals surface area (Å²) < 4.78 is 0. The van der Waals surface area contributed by atoms with Gasteiger partial charge in [-0.25, -0.2) is 0 Å². The fourth-order valence-electron chi connectivity index (χ4n) is 2.96. The normalized spacial score (nSPS) is 18.5. The van der Waals surface area contributed by atoms with Crippen LogP contribution < -0.4 is 5.32 Å². The molecule has 0 spiro atoms. The molecule has 2 aromatic rings. The fraction of sp³-hybridized carbons (Fsp3) is 0.421. The highest BCUT2D eigenvalue weighted by atomic mass is 32.2. The molecule has 1 fully saturated rings. The van der Waals surface area contributed by atoms with Crippen LogP contribution in [0.3, 0.4) is 0 Å². The van der Waals surface area contributed by atoms with Gasteiger partial charge in [-0.05, 0) is 47.6 Å². The van der Waals surface area contributed by atoms with Crippen LogP contribution in [0.5, 0.6) is 0 Å². The molecule has 0 radical (unpaired) electrons. The summed E-state index contributed by atoms with van der Waals surface area (Å²) in [4.78, 5) is 12.4. The first-order valence-electron chi connectivity index (χ1n) is 8.14. The molecule has 2 N–H and O–H groups in total. The molecule has 0 bridgehead atoms. The van der Waals surface area contributed by atoms with E-state index in [0.29, 0.717) is 6.54 Å². The highest BCUT2D eigenvalue weighted by Crippen LogP contribution is 2.27. The van der Waals surface area contributed by atoms with Gasteiger partial charge < -0.3 is 10.4 Å². The second-order valence-electron chi connectivity index (χ2n) is 6.38. The highest BCUT2D eigenvalue weighted by Gasteiger charge is 2.30. The Kier molecular flexibility index (Phi) is 4.93. The van der Waals surface area contributed by atoms with Crippen molar-refractivity contribution in [2.24, 2.45) is 0 Å². The zero-order valence-corrected chi connectivity index (χ0v) is 14.2. The minimum atomic E-state index is -0.732. The number of fused-ring (bicyclic) bond motifs is 1. The standard InChI is InChI=1S/C19H23NO2S/c1-14(16-7-6-15-4-2-3-5-17(15)12-16)18(21)20-13-19(22)8-10-23-11-9-19/h2-7,12,14,22H,8-11,13H2,1H3,(H,20,21)/t14-/m1/s1. The van der Waals surface area contributed by atoms with Crippen molar-refractivity contribution in [3.8, 4) is 0 Å². The van der Waals surface area contributed by atoms with Crippen LogP contribution in [-0.2, 0) is 4.79 Å². The number of carbonyl (C=O) groups is 1. The number of thioether (sulfide) groups is 1. The Labute approximate surface area is 141 Å². The number of nitrogens with one attached hydrogen (secondary N) is 1. The molecule has 4 heteroatoms. The summed E-state index contributed by atoms with van der Waals surface area (Å²) in [7, 11) is 0. The lowest BCUT2D eigenvalue weighted by atomic mass is 9.94. The van der Waals surface area contributed by atoms with Crippen molar-refractivity contribution in [2.45, 2.75) is 31.3 Å². The summed E-state index contributed by atoms with van der Waals surface area (Å²) in [6.45, 7) is 2.27. The predicted octanol–water partition coefficient (Wildman–Crippen LogP) is 3.32. The summed E-state index contributed by atoms with van der Waals surface area (Å²) >= 11 is 1.86. The number of amides is 1. The molecule has 0 aliphatic carbocycles. The Balaban J connectivity index is 1.66. The third-order valence-electron chi connectivity index (χ3n) is 4.68. The first kappa shape index (κ1) is 16.3. The molecule has 1 atom stereocenters. The topological polar surface area (TPSA) is 49.3 Å². The molecule has 3 nitrogen and oxygen atoms in total. The maximum absolute atomic E-state index is 12.4. The van der Waals surface area contributed by atoms with E-state index in [9.17, 15) is 9.90 Å². The molecule has 3 rings (SSSR count). The van der Waals surface area contributed by atoms with Crippen LogP contribution in [-0.4, -0.2) is 34.7 Å². The molecule has 1 heterocycles. The molecule has 23 heavy (non-hydrogen) atoms. The third-order valence-corrected chi connectivity index (χ3v) is 5.67. The van der Waals surface area contributed by atoms with Crippen LogP contribution >= 0.6 is 11.8 Å². The minimum Gasteiger partial charge on any atom is -0.388 e. The Morgan fingerprint density at radius 3 is 2.65 bits per heavy atom. The summed E-state index contributed by atoms with van der Waals surface area (Å²) in [6, 6.07) is 14.3. The van der Waals surface area contributed by atoms with Crippen molar-refractivity contribution in [3.63, 3.8) is 0 Å². The van der Waals surface area contributed by atoms with Crippen molar-refractivity contribution >= 4 is 28.4 Å². The van der Waals surface area contributed by atoms with E-state index in [1.165, 1.54) is 5.39 Å². The summed E-state index contributed by atoms with van der Waals surface area (Å²) in [6.07, 6.45) is 1.50. The van der Waals surface area contributed by atoms with Gasteiger partial charge in [-0.15, -0.1) is 0 Å². The number of rotatable bonds is 4. The maximum atomic E-state index is 12.4. The van der Waals surface area contributed by atoms with Gasteiger partial charge in [-0.2, -0.15) is 11.8 Å². The second-order valence-corrected chi connectivity index (χ2v) is 7.61. The van der Waals surface area contributed by atoms with Crippen molar-refractivity contribution in [1.29, 1.82) is 0 Å². The van der Waals surface area contributed by atoms with E-state index < -0.39 is 5.60 Å². The SMILES string of the molecule is C[C@@H](C(=O)NCC1(O)CCSCC1)c1ccc2ccccc2c1. The lowest BCUT2D eigenvalue weighted by Gasteiger charge is -2.32. The van der Waals surface area contributed by atoms with E-state index in [-0.39, 0.29) is 11.8 Å². The van der Waals surface area contributed by atoms with Crippen molar-refractivity contribution < 1.29 is 9.90 Å². The van der Waals surface area contributed by atoms with Gasteiger partial charge in [0.1, 0.15) is 0 Å². The largest absolute Gasteiger partial charge is 0.388 e.